The molecule has 1 fully saturated rings. The van der Waals surface area contributed by atoms with Gasteiger partial charge in [0.15, 0.2) is 0 Å². The van der Waals surface area contributed by atoms with E-state index in [-0.39, 0.29) is 18.4 Å². The molecule has 1 aliphatic rings. The molecule has 1 heterocycles. The first-order chi connectivity index (χ1) is 18.3. The number of carbonyl (C=O) groups is 2. The highest BCUT2D eigenvalue weighted by molar-refractivity contribution is 6.35. The average Bonchev–Trinajstić information content (AvgIpc) is 2.90. The first-order valence-corrected chi connectivity index (χ1v) is 13.5. The number of amides is 2. The van der Waals surface area contributed by atoms with Crippen LogP contribution in [0.25, 0.3) is 0 Å². The third kappa shape index (κ3) is 7.40. The minimum atomic E-state index is -0.317. The van der Waals surface area contributed by atoms with E-state index in [0.29, 0.717) is 51.4 Å². The van der Waals surface area contributed by atoms with Crippen molar-refractivity contribution in [3.8, 4) is 0 Å². The summed E-state index contributed by atoms with van der Waals surface area (Å²) < 4.78 is 0. The van der Waals surface area contributed by atoms with Gasteiger partial charge in [0.05, 0.1) is 18.0 Å². The van der Waals surface area contributed by atoms with E-state index in [1.165, 1.54) is 0 Å². The highest BCUT2D eigenvalue weighted by Crippen LogP contribution is 2.29. The predicted octanol–water partition coefficient (Wildman–Crippen LogP) is 4.99. The molecule has 0 atom stereocenters. The van der Waals surface area contributed by atoms with Gasteiger partial charge in [-0.1, -0.05) is 46.9 Å². The Morgan fingerprint density at radius 1 is 0.842 bits per heavy atom. The number of halogens is 3. The number of nitrogens with zero attached hydrogens (tertiary/aromatic N) is 2. The summed E-state index contributed by atoms with van der Waals surface area (Å²) in [5.41, 5.74) is 3.11. The largest absolute Gasteiger partial charge is 0.395 e. The summed E-state index contributed by atoms with van der Waals surface area (Å²) in [7, 11) is 0. The second kappa shape index (κ2) is 13.3. The van der Waals surface area contributed by atoms with Gasteiger partial charge in [0, 0.05) is 65.5 Å². The van der Waals surface area contributed by atoms with Crippen molar-refractivity contribution in [1.29, 1.82) is 0 Å². The molecule has 0 radical (unpaired) electrons. The van der Waals surface area contributed by atoms with Crippen LogP contribution in [-0.4, -0.2) is 67.7 Å². The number of aliphatic hydroxyl groups excluding tert-OH is 1. The maximum absolute atomic E-state index is 13.1. The molecule has 10 heteroatoms. The SMILES string of the molecule is O=C(NCCc1ccc(Cl)cc1Cl)c1ccc(N2CCN(CCO)CC2)c(NC(=O)c2cccc(Cl)c2)c1. The predicted molar refractivity (Wildman–Crippen MR) is 154 cm³/mol. The summed E-state index contributed by atoms with van der Waals surface area (Å²) in [6, 6.07) is 17.3. The monoisotopic (exact) mass is 574 g/mol. The number of aliphatic hydroxyl groups is 1. The Hall–Kier alpha value is -2.81. The summed E-state index contributed by atoms with van der Waals surface area (Å²) in [5.74, 6) is -0.574. The molecule has 3 aromatic carbocycles. The van der Waals surface area contributed by atoms with E-state index in [1.54, 1.807) is 48.5 Å². The van der Waals surface area contributed by atoms with E-state index in [4.69, 9.17) is 34.8 Å². The number of piperazine rings is 1. The Morgan fingerprint density at radius 2 is 1.58 bits per heavy atom. The molecule has 0 spiro atoms. The van der Waals surface area contributed by atoms with Gasteiger partial charge in [0.2, 0.25) is 0 Å². The summed E-state index contributed by atoms with van der Waals surface area (Å²) in [6.07, 6.45) is 0.552. The zero-order valence-electron chi connectivity index (χ0n) is 20.7. The smallest absolute Gasteiger partial charge is 0.255 e. The lowest BCUT2D eigenvalue weighted by molar-refractivity contribution is 0.0952. The highest BCUT2D eigenvalue weighted by Gasteiger charge is 2.21. The number of nitrogens with one attached hydrogen (secondary N) is 2. The molecular weight excluding hydrogens is 547 g/mol. The molecule has 38 heavy (non-hydrogen) atoms. The van der Waals surface area contributed by atoms with Gasteiger partial charge in [0.25, 0.3) is 11.8 Å². The molecule has 4 rings (SSSR count). The second-order valence-electron chi connectivity index (χ2n) is 8.99. The lowest BCUT2D eigenvalue weighted by atomic mass is 10.1. The van der Waals surface area contributed by atoms with E-state index in [2.05, 4.69) is 20.4 Å². The molecule has 1 saturated heterocycles. The molecule has 1 aliphatic heterocycles. The fourth-order valence-corrected chi connectivity index (χ4v) is 5.06. The first-order valence-electron chi connectivity index (χ1n) is 12.4. The molecule has 0 saturated carbocycles. The van der Waals surface area contributed by atoms with Gasteiger partial charge in [-0.3, -0.25) is 14.5 Å². The van der Waals surface area contributed by atoms with Crippen molar-refractivity contribution in [1.82, 2.24) is 10.2 Å². The van der Waals surface area contributed by atoms with Crippen molar-refractivity contribution in [3.63, 3.8) is 0 Å². The highest BCUT2D eigenvalue weighted by atomic mass is 35.5. The number of rotatable bonds is 9. The molecule has 2 amide bonds. The summed E-state index contributed by atoms with van der Waals surface area (Å²) in [4.78, 5) is 30.4. The fourth-order valence-electron chi connectivity index (χ4n) is 4.37. The standard InChI is InChI=1S/C28H29Cl3N4O3/c29-22-3-1-2-20(16-22)28(38)33-25-17-21(5-7-26(25)35-12-10-34(11-13-35)14-15-36)27(37)32-9-8-19-4-6-23(30)18-24(19)31/h1-7,16-18,36H,8-15H2,(H,32,37)(H,33,38). The lowest BCUT2D eigenvalue weighted by Crippen LogP contribution is -2.47. The topological polar surface area (TPSA) is 84.9 Å². The van der Waals surface area contributed by atoms with Crippen LogP contribution in [0.15, 0.2) is 60.7 Å². The van der Waals surface area contributed by atoms with Crippen molar-refractivity contribution >= 4 is 58.0 Å². The molecule has 3 aromatic rings. The van der Waals surface area contributed by atoms with E-state index in [9.17, 15) is 14.7 Å². The Balaban J connectivity index is 1.50. The summed E-state index contributed by atoms with van der Waals surface area (Å²) in [6.45, 7) is 4.18. The van der Waals surface area contributed by atoms with Crippen molar-refractivity contribution in [2.75, 3.05) is 56.1 Å². The molecule has 200 valence electrons. The number of carbonyl (C=O) groups excluding carboxylic acids is 2. The average molecular weight is 576 g/mol. The number of benzene rings is 3. The van der Waals surface area contributed by atoms with Gasteiger partial charge in [-0.05, 0) is 60.5 Å². The van der Waals surface area contributed by atoms with Crippen molar-refractivity contribution in [2.24, 2.45) is 0 Å². The van der Waals surface area contributed by atoms with Crippen LogP contribution in [0.2, 0.25) is 15.1 Å². The van der Waals surface area contributed by atoms with Gasteiger partial charge in [-0.15, -0.1) is 0 Å². The van der Waals surface area contributed by atoms with Crippen LogP contribution >= 0.6 is 34.8 Å². The van der Waals surface area contributed by atoms with Crippen LogP contribution in [0, 0.1) is 0 Å². The van der Waals surface area contributed by atoms with Gasteiger partial charge in [0.1, 0.15) is 0 Å². The molecule has 0 aromatic heterocycles. The zero-order valence-corrected chi connectivity index (χ0v) is 23.0. The molecular formula is C28H29Cl3N4O3. The summed E-state index contributed by atoms with van der Waals surface area (Å²) >= 11 is 18.3. The van der Waals surface area contributed by atoms with E-state index >= 15 is 0 Å². The van der Waals surface area contributed by atoms with Crippen LogP contribution in [-0.2, 0) is 6.42 Å². The van der Waals surface area contributed by atoms with E-state index in [0.717, 1.165) is 37.4 Å². The van der Waals surface area contributed by atoms with Gasteiger partial charge in [-0.25, -0.2) is 0 Å². The van der Waals surface area contributed by atoms with Gasteiger partial charge < -0.3 is 20.6 Å². The van der Waals surface area contributed by atoms with Crippen LogP contribution in [0.3, 0.4) is 0 Å². The quantitative estimate of drug-likeness (QED) is 0.335. The molecule has 7 nitrogen and oxygen atoms in total. The maximum Gasteiger partial charge on any atom is 0.255 e. The Bertz CT molecular complexity index is 1300. The molecule has 0 bridgehead atoms. The van der Waals surface area contributed by atoms with E-state index in [1.807, 2.05) is 12.1 Å². The number of anilines is 2. The second-order valence-corrected chi connectivity index (χ2v) is 10.3. The van der Waals surface area contributed by atoms with Crippen molar-refractivity contribution in [3.05, 3.63) is 92.4 Å². The molecule has 0 aliphatic carbocycles. The van der Waals surface area contributed by atoms with E-state index < -0.39 is 0 Å². The third-order valence-electron chi connectivity index (χ3n) is 6.42. The molecule has 3 N–H and O–H groups in total. The molecule has 0 unspecified atom stereocenters. The van der Waals surface area contributed by atoms with Crippen LogP contribution in [0.5, 0.6) is 0 Å². The fraction of sp³-hybridized carbons (Fsp3) is 0.286. The Morgan fingerprint density at radius 3 is 2.29 bits per heavy atom. The number of hydrogen-bond donors (Lipinski definition) is 3. The maximum atomic E-state index is 13.1. The Kier molecular flexibility index (Phi) is 9.88. The minimum Gasteiger partial charge on any atom is -0.395 e. The first kappa shape index (κ1) is 28.2. The van der Waals surface area contributed by atoms with Gasteiger partial charge in [-0.2, -0.15) is 0 Å². The van der Waals surface area contributed by atoms with Gasteiger partial charge >= 0.3 is 0 Å². The van der Waals surface area contributed by atoms with Crippen molar-refractivity contribution in [2.45, 2.75) is 6.42 Å². The Labute approximate surface area is 237 Å². The van der Waals surface area contributed by atoms with Crippen LogP contribution in [0.1, 0.15) is 26.3 Å². The third-order valence-corrected chi connectivity index (χ3v) is 7.24. The summed E-state index contributed by atoms with van der Waals surface area (Å²) in [5, 5.41) is 16.7. The normalized spacial score (nSPS) is 13.8. The van der Waals surface area contributed by atoms with Crippen LogP contribution < -0.4 is 15.5 Å². The lowest BCUT2D eigenvalue weighted by Gasteiger charge is -2.36. The minimum absolute atomic E-state index is 0.120. The number of β-amino-alcohol motifs (C(OH)–C–C–N with tert-alkyl or cyclic N) is 1. The zero-order chi connectivity index (χ0) is 27.1. The van der Waals surface area contributed by atoms with Crippen LogP contribution in [0.4, 0.5) is 11.4 Å². The number of hydrogen-bond acceptors (Lipinski definition) is 5. The van der Waals surface area contributed by atoms with Crippen molar-refractivity contribution < 1.29 is 14.7 Å².